The highest BCUT2D eigenvalue weighted by molar-refractivity contribution is 6.30. The van der Waals surface area contributed by atoms with Gasteiger partial charge >= 0.3 is 0 Å². The summed E-state index contributed by atoms with van der Waals surface area (Å²) in [6.45, 7) is 3.75. The number of hydrogen-bond acceptors (Lipinski definition) is 2. The van der Waals surface area contributed by atoms with E-state index in [0.717, 1.165) is 24.0 Å². The molecule has 1 aromatic rings. The summed E-state index contributed by atoms with van der Waals surface area (Å²) in [5.74, 6) is 0. The van der Waals surface area contributed by atoms with Gasteiger partial charge in [-0.25, -0.2) is 0 Å². The third kappa shape index (κ3) is 2.20. The molecule has 0 bridgehead atoms. The SMILES string of the molecule is CC1(C)CC/C(=C/c2ccc(Cl)cc2)C1(O)CO. The van der Waals surface area contributed by atoms with Crippen LogP contribution in [0.3, 0.4) is 0 Å². The fourth-order valence-corrected chi connectivity index (χ4v) is 2.69. The van der Waals surface area contributed by atoms with Crippen molar-refractivity contribution >= 4 is 17.7 Å². The van der Waals surface area contributed by atoms with Crippen molar-refractivity contribution < 1.29 is 10.2 Å². The van der Waals surface area contributed by atoms with Crippen LogP contribution in [0.2, 0.25) is 5.02 Å². The summed E-state index contributed by atoms with van der Waals surface area (Å²) < 4.78 is 0. The molecule has 1 fully saturated rings. The van der Waals surface area contributed by atoms with E-state index in [-0.39, 0.29) is 12.0 Å². The quantitative estimate of drug-likeness (QED) is 0.863. The van der Waals surface area contributed by atoms with Crippen LogP contribution >= 0.6 is 11.6 Å². The summed E-state index contributed by atoms with van der Waals surface area (Å²) >= 11 is 5.85. The molecule has 1 aliphatic carbocycles. The molecule has 1 aromatic carbocycles. The lowest BCUT2D eigenvalue weighted by Gasteiger charge is -2.36. The third-order valence-corrected chi connectivity index (χ3v) is 4.36. The Hall–Kier alpha value is -0.830. The van der Waals surface area contributed by atoms with Crippen LogP contribution in [0.1, 0.15) is 32.3 Å². The van der Waals surface area contributed by atoms with Crippen LogP contribution in [0.15, 0.2) is 29.8 Å². The first kappa shape index (κ1) is 13.6. The Bertz CT molecular complexity index is 462. The lowest BCUT2D eigenvalue weighted by molar-refractivity contribution is -0.0544. The molecule has 0 aromatic heterocycles. The smallest absolute Gasteiger partial charge is 0.114 e. The zero-order chi connectivity index (χ0) is 13.4. The maximum atomic E-state index is 10.7. The first-order valence-corrected chi connectivity index (χ1v) is 6.57. The topological polar surface area (TPSA) is 40.5 Å². The summed E-state index contributed by atoms with van der Waals surface area (Å²) in [5.41, 5.74) is 0.489. The molecule has 2 rings (SSSR count). The molecular formula is C15H19ClO2. The molecule has 0 saturated heterocycles. The van der Waals surface area contributed by atoms with Gasteiger partial charge in [-0.3, -0.25) is 0 Å². The average Bonchev–Trinajstić information content (AvgIpc) is 2.56. The van der Waals surface area contributed by atoms with Crippen LogP contribution in [0.4, 0.5) is 0 Å². The number of halogens is 1. The minimum absolute atomic E-state index is 0.237. The predicted octanol–water partition coefficient (Wildman–Crippen LogP) is 3.27. The predicted molar refractivity (Wildman–Crippen MR) is 74.5 cm³/mol. The fourth-order valence-electron chi connectivity index (χ4n) is 2.56. The van der Waals surface area contributed by atoms with Crippen LogP contribution in [-0.4, -0.2) is 22.4 Å². The Morgan fingerprint density at radius 3 is 2.44 bits per heavy atom. The van der Waals surface area contributed by atoms with Gasteiger partial charge in [0, 0.05) is 5.02 Å². The van der Waals surface area contributed by atoms with Crippen LogP contribution in [0, 0.1) is 5.41 Å². The highest BCUT2D eigenvalue weighted by atomic mass is 35.5. The van der Waals surface area contributed by atoms with Gasteiger partial charge in [-0.05, 0) is 41.5 Å². The van der Waals surface area contributed by atoms with E-state index in [1.54, 1.807) is 0 Å². The Labute approximate surface area is 113 Å². The molecule has 2 N–H and O–H groups in total. The Morgan fingerprint density at radius 2 is 1.89 bits per heavy atom. The highest BCUT2D eigenvalue weighted by Gasteiger charge is 2.50. The molecule has 0 radical (unpaired) electrons. The number of rotatable bonds is 2. The molecule has 18 heavy (non-hydrogen) atoms. The molecule has 0 spiro atoms. The monoisotopic (exact) mass is 266 g/mol. The summed E-state index contributed by atoms with van der Waals surface area (Å²) in [6.07, 6.45) is 3.65. The lowest BCUT2D eigenvalue weighted by Crippen LogP contribution is -2.44. The second-order valence-electron chi connectivity index (χ2n) is 5.62. The number of benzene rings is 1. The van der Waals surface area contributed by atoms with Crippen molar-refractivity contribution in [1.82, 2.24) is 0 Å². The van der Waals surface area contributed by atoms with Crippen molar-refractivity contribution in [3.63, 3.8) is 0 Å². The zero-order valence-electron chi connectivity index (χ0n) is 10.8. The van der Waals surface area contributed by atoms with E-state index < -0.39 is 5.60 Å². The lowest BCUT2D eigenvalue weighted by atomic mass is 9.76. The van der Waals surface area contributed by atoms with Crippen molar-refractivity contribution in [2.45, 2.75) is 32.3 Å². The van der Waals surface area contributed by atoms with Gasteiger partial charge in [0.05, 0.1) is 6.61 Å². The van der Waals surface area contributed by atoms with E-state index >= 15 is 0 Å². The van der Waals surface area contributed by atoms with Crippen molar-refractivity contribution in [2.24, 2.45) is 5.41 Å². The minimum atomic E-state index is -1.12. The zero-order valence-corrected chi connectivity index (χ0v) is 11.5. The molecule has 0 amide bonds. The maximum absolute atomic E-state index is 10.7. The van der Waals surface area contributed by atoms with Crippen LogP contribution in [0.5, 0.6) is 0 Å². The van der Waals surface area contributed by atoms with Crippen LogP contribution in [-0.2, 0) is 0 Å². The first-order valence-electron chi connectivity index (χ1n) is 6.19. The van der Waals surface area contributed by atoms with Gasteiger partial charge in [0.15, 0.2) is 0 Å². The van der Waals surface area contributed by atoms with Gasteiger partial charge in [0.1, 0.15) is 5.60 Å². The molecule has 1 unspecified atom stereocenters. The molecule has 3 heteroatoms. The van der Waals surface area contributed by atoms with Crippen molar-refractivity contribution in [3.05, 3.63) is 40.4 Å². The second-order valence-corrected chi connectivity index (χ2v) is 6.06. The molecule has 1 atom stereocenters. The van der Waals surface area contributed by atoms with E-state index in [0.29, 0.717) is 5.02 Å². The number of aliphatic hydroxyl groups excluding tert-OH is 1. The average molecular weight is 267 g/mol. The van der Waals surface area contributed by atoms with E-state index in [1.807, 2.05) is 44.2 Å². The van der Waals surface area contributed by atoms with E-state index in [9.17, 15) is 10.2 Å². The van der Waals surface area contributed by atoms with Gasteiger partial charge in [0.25, 0.3) is 0 Å². The summed E-state index contributed by atoms with van der Waals surface area (Å²) in [7, 11) is 0. The highest BCUT2D eigenvalue weighted by Crippen LogP contribution is 2.49. The summed E-state index contributed by atoms with van der Waals surface area (Å²) in [5, 5.41) is 20.9. The number of aliphatic hydroxyl groups is 2. The molecule has 1 aliphatic rings. The van der Waals surface area contributed by atoms with Gasteiger partial charge in [-0.1, -0.05) is 43.7 Å². The minimum Gasteiger partial charge on any atom is -0.393 e. The van der Waals surface area contributed by atoms with E-state index in [4.69, 9.17) is 11.6 Å². The molecule has 98 valence electrons. The largest absolute Gasteiger partial charge is 0.393 e. The molecule has 0 heterocycles. The maximum Gasteiger partial charge on any atom is 0.114 e. The Kier molecular flexibility index (Phi) is 3.54. The van der Waals surface area contributed by atoms with Crippen molar-refractivity contribution in [3.8, 4) is 0 Å². The summed E-state index contributed by atoms with van der Waals surface area (Å²) in [6, 6.07) is 7.48. The first-order chi connectivity index (χ1) is 8.39. The van der Waals surface area contributed by atoms with E-state index in [1.165, 1.54) is 0 Å². The molecule has 2 nitrogen and oxygen atoms in total. The van der Waals surface area contributed by atoms with Gasteiger partial charge in [0.2, 0.25) is 0 Å². The normalized spacial score (nSPS) is 28.8. The fraction of sp³-hybridized carbons (Fsp3) is 0.467. The molecule has 0 aliphatic heterocycles. The third-order valence-electron chi connectivity index (χ3n) is 4.11. The van der Waals surface area contributed by atoms with Gasteiger partial charge < -0.3 is 10.2 Å². The Morgan fingerprint density at radius 1 is 1.28 bits per heavy atom. The molecular weight excluding hydrogens is 248 g/mol. The molecule has 1 saturated carbocycles. The van der Waals surface area contributed by atoms with Crippen molar-refractivity contribution in [1.29, 1.82) is 0 Å². The summed E-state index contributed by atoms with van der Waals surface area (Å²) in [4.78, 5) is 0. The van der Waals surface area contributed by atoms with E-state index in [2.05, 4.69) is 0 Å². The second kappa shape index (κ2) is 4.69. The van der Waals surface area contributed by atoms with Crippen molar-refractivity contribution in [2.75, 3.05) is 6.61 Å². The number of hydrogen-bond donors (Lipinski definition) is 2. The van der Waals surface area contributed by atoms with Gasteiger partial charge in [-0.2, -0.15) is 0 Å². The van der Waals surface area contributed by atoms with Crippen LogP contribution < -0.4 is 0 Å². The van der Waals surface area contributed by atoms with Crippen LogP contribution in [0.25, 0.3) is 6.08 Å². The Balaban J connectivity index is 2.36. The van der Waals surface area contributed by atoms with Gasteiger partial charge in [-0.15, -0.1) is 0 Å². The standard InChI is InChI=1S/C15H19ClO2/c1-14(2)8-7-12(15(14,18)10-17)9-11-3-5-13(16)6-4-11/h3-6,9,17-18H,7-8,10H2,1-2H3/b12-9-.